The summed E-state index contributed by atoms with van der Waals surface area (Å²) < 4.78 is 37.1. The number of hydrogen-bond donors (Lipinski definition) is 1. The Morgan fingerprint density at radius 2 is 1.67 bits per heavy atom. The molecule has 2 aromatic rings. The largest absolute Gasteiger partial charge is 0.497 e. The number of benzene rings is 2. The molecule has 0 aromatic heterocycles. The summed E-state index contributed by atoms with van der Waals surface area (Å²) in [5, 5.41) is 3.13. The second-order valence-corrected chi connectivity index (χ2v) is 11.9. The quantitative estimate of drug-likeness (QED) is 0.396. The SMILES string of the molecule is COc1ccc(CN(C(=O)CCCN(c2ccccc2OC)S(C)(=O)=O)C(C)C(=O)NC2CCCCC2)cc1. The van der Waals surface area contributed by atoms with Gasteiger partial charge in [-0.05, 0) is 56.0 Å². The molecule has 39 heavy (non-hydrogen) atoms. The van der Waals surface area contributed by atoms with Crippen molar-refractivity contribution in [3.63, 3.8) is 0 Å². The smallest absolute Gasteiger partial charge is 0.242 e. The molecule has 9 nitrogen and oxygen atoms in total. The number of sulfonamides is 1. The Bertz CT molecular complexity index is 1200. The van der Waals surface area contributed by atoms with Crippen LogP contribution < -0.4 is 19.1 Å². The molecular weight excluding hydrogens is 518 g/mol. The molecule has 3 rings (SSSR count). The molecule has 1 aliphatic rings. The number of nitrogens with one attached hydrogen (secondary N) is 1. The lowest BCUT2D eigenvalue weighted by atomic mass is 9.95. The first-order chi connectivity index (χ1) is 18.6. The zero-order chi connectivity index (χ0) is 28.4. The number of carbonyl (C=O) groups is 2. The van der Waals surface area contributed by atoms with Crippen molar-refractivity contribution in [3.8, 4) is 11.5 Å². The fourth-order valence-corrected chi connectivity index (χ4v) is 5.87. The van der Waals surface area contributed by atoms with E-state index in [9.17, 15) is 18.0 Å². The Morgan fingerprint density at radius 1 is 1.00 bits per heavy atom. The minimum absolute atomic E-state index is 0.0817. The summed E-state index contributed by atoms with van der Waals surface area (Å²) in [7, 11) is -0.541. The highest BCUT2D eigenvalue weighted by atomic mass is 32.2. The summed E-state index contributed by atoms with van der Waals surface area (Å²) in [6.07, 6.45) is 6.77. The third-order valence-electron chi connectivity index (χ3n) is 7.14. The molecule has 10 heteroatoms. The van der Waals surface area contributed by atoms with Crippen LogP contribution in [0.3, 0.4) is 0 Å². The molecule has 0 bridgehead atoms. The Hall–Kier alpha value is -3.27. The van der Waals surface area contributed by atoms with Crippen LogP contribution in [0.15, 0.2) is 48.5 Å². The summed E-state index contributed by atoms with van der Waals surface area (Å²) >= 11 is 0. The van der Waals surface area contributed by atoms with E-state index in [0.29, 0.717) is 17.2 Å². The van der Waals surface area contributed by atoms with E-state index in [4.69, 9.17) is 9.47 Å². The van der Waals surface area contributed by atoms with Gasteiger partial charge in [0.1, 0.15) is 17.5 Å². The molecule has 0 spiro atoms. The van der Waals surface area contributed by atoms with Crippen LogP contribution in [-0.2, 0) is 26.2 Å². The van der Waals surface area contributed by atoms with Crippen LogP contribution in [0.25, 0.3) is 0 Å². The number of methoxy groups -OCH3 is 2. The van der Waals surface area contributed by atoms with Crippen LogP contribution in [0.2, 0.25) is 0 Å². The van der Waals surface area contributed by atoms with Crippen molar-refractivity contribution in [3.05, 3.63) is 54.1 Å². The molecule has 0 saturated heterocycles. The lowest BCUT2D eigenvalue weighted by Gasteiger charge is -2.31. The van der Waals surface area contributed by atoms with Crippen LogP contribution in [0.4, 0.5) is 5.69 Å². The van der Waals surface area contributed by atoms with Gasteiger partial charge in [-0.15, -0.1) is 0 Å². The fraction of sp³-hybridized carbons (Fsp3) is 0.517. The third kappa shape index (κ3) is 8.61. The van der Waals surface area contributed by atoms with E-state index in [0.717, 1.165) is 37.5 Å². The minimum Gasteiger partial charge on any atom is -0.497 e. The Labute approximate surface area is 232 Å². The highest BCUT2D eigenvalue weighted by molar-refractivity contribution is 7.92. The number of carbonyl (C=O) groups excluding carboxylic acids is 2. The van der Waals surface area contributed by atoms with Crippen molar-refractivity contribution < 1.29 is 27.5 Å². The van der Waals surface area contributed by atoms with Gasteiger partial charge in [-0.2, -0.15) is 0 Å². The number of hydrogen-bond acceptors (Lipinski definition) is 6. The number of amides is 2. The maximum atomic E-state index is 13.5. The molecule has 0 aliphatic heterocycles. The van der Waals surface area contributed by atoms with E-state index in [1.807, 2.05) is 24.3 Å². The predicted molar refractivity (Wildman–Crippen MR) is 152 cm³/mol. The molecule has 2 amide bonds. The molecule has 1 fully saturated rings. The molecule has 214 valence electrons. The van der Waals surface area contributed by atoms with Gasteiger partial charge in [0.25, 0.3) is 0 Å². The summed E-state index contributed by atoms with van der Waals surface area (Å²) in [5.41, 5.74) is 1.29. The van der Waals surface area contributed by atoms with Crippen molar-refractivity contribution in [2.24, 2.45) is 0 Å². The van der Waals surface area contributed by atoms with Gasteiger partial charge in [0, 0.05) is 25.6 Å². The van der Waals surface area contributed by atoms with Gasteiger partial charge in [-0.25, -0.2) is 8.42 Å². The number of anilines is 1. The van der Waals surface area contributed by atoms with Crippen LogP contribution in [-0.4, -0.2) is 64.2 Å². The first-order valence-corrected chi connectivity index (χ1v) is 15.3. The van der Waals surface area contributed by atoms with E-state index < -0.39 is 16.1 Å². The van der Waals surface area contributed by atoms with E-state index in [1.165, 1.54) is 17.8 Å². The number of ether oxygens (including phenoxy) is 2. The van der Waals surface area contributed by atoms with Gasteiger partial charge in [0.2, 0.25) is 21.8 Å². The average molecular weight is 560 g/mol. The van der Waals surface area contributed by atoms with E-state index in [2.05, 4.69) is 5.32 Å². The molecular formula is C29H41N3O6S. The standard InChI is InChI=1S/C29H41N3O6S/c1-22(29(34)30-24-11-6-5-7-12-24)31(21-23-16-18-25(37-2)19-17-23)28(33)15-10-20-32(39(4,35)36)26-13-8-9-14-27(26)38-3/h8-9,13-14,16-19,22,24H,5-7,10-12,15,20-21H2,1-4H3,(H,30,34). The number of nitrogens with zero attached hydrogens (tertiary/aromatic N) is 2. The number of rotatable bonds is 13. The van der Waals surface area contributed by atoms with Gasteiger partial charge in [0.15, 0.2) is 0 Å². The second kappa shape index (κ2) is 14.2. The summed E-state index contributed by atoms with van der Waals surface area (Å²) in [4.78, 5) is 28.3. The molecule has 0 radical (unpaired) electrons. The topological polar surface area (TPSA) is 105 Å². The van der Waals surface area contributed by atoms with Gasteiger partial charge in [0.05, 0.1) is 26.2 Å². The Kier molecular flexibility index (Phi) is 11.0. The Balaban J connectivity index is 1.74. The van der Waals surface area contributed by atoms with Crippen LogP contribution >= 0.6 is 0 Å². The minimum atomic E-state index is -3.62. The fourth-order valence-electron chi connectivity index (χ4n) is 4.90. The van der Waals surface area contributed by atoms with Crippen LogP contribution in [0, 0.1) is 0 Å². The maximum absolute atomic E-state index is 13.5. The molecule has 1 unspecified atom stereocenters. The van der Waals surface area contributed by atoms with Crippen molar-refractivity contribution in [2.75, 3.05) is 31.3 Å². The third-order valence-corrected chi connectivity index (χ3v) is 8.32. The first-order valence-electron chi connectivity index (χ1n) is 13.5. The van der Waals surface area contributed by atoms with Gasteiger partial charge in [-0.3, -0.25) is 13.9 Å². The first kappa shape index (κ1) is 30.3. The van der Waals surface area contributed by atoms with Crippen molar-refractivity contribution >= 4 is 27.5 Å². The van der Waals surface area contributed by atoms with Crippen LogP contribution in [0.1, 0.15) is 57.4 Å². The second-order valence-electron chi connectivity index (χ2n) is 10.00. The normalized spacial score (nSPS) is 14.8. The Morgan fingerprint density at radius 3 is 2.28 bits per heavy atom. The summed E-state index contributed by atoms with van der Waals surface area (Å²) in [6, 6.07) is 13.7. The van der Waals surface area contributed by atoms with Crippen molar-refractivity contribution in [1.82, 2.24) is 10.2 Å². The highest BCUT2D eigenvalue weighted by Gasteiger charge is 2.28. The van der Waals surface area contributed by atoms with Crippen LogP contribution in [0.5, 0.6) is 11.5 Å². The summed E-state index contributed by atoms with van der Waals surface area (Å²) in [6.45, 7) is 2.10. The van der Waals surface area contributed by atoms with E-state index in [1.54, 1.807) is 43.2 Å². The van der Waals surface area contributed by atoms with Gasteiger partial charge < -0.3 is 19.7 Å². The number of para-hydroxylation sites is 2. The molecule has 0 heterocycles. The van der Waals surface area contributed by atoms with E-state index >= 15 is 0 Å². The molecule has 1 atom stereocenters. The molecule has 1 aliphatic carbocycles. The summed E-state index contributed by atoms with van der Waals surface area (Å²) in [5.74, 6) is 0.751. The average Bonchev–Trinajstić information content (AvgIpc) is 2.93. The van der Waals surface area contributed by atoms with E-state index in [-0.39, 0.29) is 43.8 Å². The lowest BCUT2D eigenvalue weighted by Crippen LogP contribution is -2.50. The lowest BCUT2D eigenvalue weighted by molar-refractivity contribution is -0.141. The van der Waals surface area contributed by atoms with Gasteiger partial charge >= 0.3 is 0 Å². The maximum Gasteiger partial charge on any atom is 0.242 e. The molecule has 1 N–H and O–H groups in total. The zero-order valence-electron chi connectivity index (χ0n) is 23.4. The van der Waals surface area contributed by atoms with Crippen molar-refractivity contribution in [2.45, 2.75) is 70.5 Å². The molecule has 1 saturated carbocycles. The monoisotopic (exact) mass is 559 g/mol. The molecule has 2 aromatic carbocycles. The van der Waals surface area contributed by atoms with Gasteiger partial charge in [-0.1, -0.05) is 43.5 Å². The zero-order valence-corrected chi connectivity index (χ0v) is 24.2. The predicted octanol–water partition coefficient (Wildman–Crippen LogP) is 4.12. The highest BCUT2D eigenvalue weighted by Crippen LogP contribution is 2.30. The van der Waals surface area contributed by atoms with Crippen molar-refractivity contribution in [1.29, 1.82) is 0 Å².